The number of hydrogen-bond donors (Lipinski definition) is 1. The highest BCUT2D eigenvalue weighted by atomic mass is 32.1. The zero-order chi connectivity index (χ0) is 18.3. The molecule has 2 aliphatic heterocycles. The normalized spacial score (nSPS) is 25.3. The monoisotopic (exact) mass is 376 g/mol. The number of hydrogen-bond acceptors (Lipinski definition) is 6. The molecule has 1 N–H and O–H groups in total. The van der Waals surface area contributed by atoms with E-state index in [0.717, 1.165) is 10.8 Å². The van der Waals surface area contributed by atoms with Crippen LogP contribution in [0.3, 0.4) is 0 Å². The van der Waals surface area contributed by atoms with Crippen LogP contribution in [0.15, 0.2) is 21.9 Å². The molecule has 0 bridgehead atoms. The lowest BCUT2D eigenvalue weighted by Crippen LogP contribution is -2.45. The number of likely N-dealkylation sites (tertiary alicyclic amines) is 1. The molecule has 0 unspecified atom stereocenters. The lowest BCUT2D eigenvalue weighted by Gasteiger charge is -2.33. The molecule has 2 saturated heterocycles. The number of amides is 1. The molecule has 1 amide bonds. The number of nitrogens with zero attached hydrogens (tertiary/aromatic N) is 2. The van der Waals surface area contributed by atoms with Crippen molar-refractivity contribution in [2.75, 3.05) is 26.3 Å². The van der Waals surface area contributed by atoms with Crippen LogP contribution in [0.25, 0.3) is 10.8 Å². The van der Waals surface area contributed by atoms with E-state index < -0.39 is 11.4 Å². The van der Waals surface area contributed by atoms with Gasteiger partial charge in [0.1, 0.15) is 5.76 Å². The van der Waals surface area contributed by atoms with E-state index in [9.17, 15) is 14.7 Å². The summed E-state index contributed by atoms with van der Waals surface area (Å²) in [5.41, 5.74) is -0.188. The van der Waals surface area contributed by atoms with E-state index in [4.69, 9.17) is 9.15 Å². The zero-order valence-electron chi connectivity index (χ0n) is 14.4. The van der Waals surface area contributed by atoms with Gasteiger partial charge in [-0.05, 0) is 25.5 Å². The third-order valence-electron chi connectivity index (χ3n) is 5.32. The van der Waals surface area contributed by atoms with Gasteiger partial charge in [0.15, 0.2) is 10.8 Å². The average molecular weight is 376 g/mol. The fourth-order valence-electron chi connectivity index (χ4n) is 3.81. The van der Waals surface area contributed by atoms with Gasteiger partial charge in [-0.25, -0.2) is 4.98 Å². The molecule has 2 atom stereocenters. The van der Waals surface area contributed by atoms with Gasteiger partial charge < -0.3 is 19.2 Å². The Balaban J connectivity index is 1.46. The molecular formula is C18H20N2O5S. The number of aromatic nitrogens is 1. The van der Waals surface area contributed by atoms with Gasteiger partial charge in [-0.15, -0.1) is 11.3 Å². The van der Waals surface area contributed by atoms with E-state index in [1.54, 1.807) is 4.90 Å². The molecule has 2 aliphatic rings. The SMILES string of the molecule is Cc1ccc(-c2nc(CC(=O)N3C[C@H]4COCC[C@@]4(C(=O)O)C3)cs2)o1. The van der Waals surface area contributed by atoms with Crippen LogP contribution in [0.5, 0.6) is 0 Å². The van der Waals surface area contributed by atoms with E-state index in [0.29, 0.717) is 37.6 Å². The van der Waals surface area contributed by atoms with Crippen LogP contribution in [0, 0.1) is 18.3 Å². The number of ether oxygens (including phenoxy) is 1. The molecule has 138 valence electrons. The van der Waals surface area contributed by atoms with E-state index >= 15 is 0 Å². The molecule has 4 heterocycles. The second-order valence-corrected chi connectivity index (χ2v) is 7.85. The minimum absolute atomic E-state index is 0.0903. The molecule has 0 aromatic carbocycles. The Labute approximate surface area is 154 Å². The van der Waals surface area contributed by atoms with Crippen LogP contribution in [-0.2, 0) is 20.7 Å². The smallest absolute Gasteiger partial charge is 0.311 e. The second-order valence-electron chi connectivity index (χ2n) is 6.99. The van der Waals surface area contributed by atoms with Crippen molar-refractivity contribution in [2.24, 2.45) is 11.3 Å². The van der Waals surface area contributed by atoms with E-state index in [-0.39, 0.29) is 24.8 Å². The minimum atomic E-state index is -0.868. The van der Waals surface area contributed by atoms with Crippen molar-refractivity contribution in [2.45, 2.75) is 19.8 Å². The van der Waals surface area contributed by atoms with Gasteiger partial charge in [0.25, 0.3) is 0 Å². The lowest BCUT2D eigenvalue weighted by molar-refractivity contribution is -0.157. The summed E-state index contributed by atoms with van der Waals surface area (Å²) in [6.45, 7) is 3.39. The van der Waals surface area contributed by atoms with Crippen molar-refractivity contribution in [1.82, 2.24) is 9.88 Å². The van der Waals surface area contributed by atoms with Crippen molar-refractivity contribution < 1.29 is 23.8 Å². The van der Waals surface area contributed by atoms with Crippen molar-refractivity contribution in [3.8, 4) is 10.8 Å². The first-order valence-corrected chi connectivity index (χ1v) is 9.46. The van der Waals surface area contributed by atoms with E-state index in [1.807, 2.05) is 24.4 Å². The van der Waals surface area contributed by atoms with Gasteiger partial charge >= 0.3 is 5.97 Å². The van der Waals surface area contributed by atoms with Crippen LogP contribution < -0.4 is 0 Å². The van der Waals surface area contributed by atoms with Crippen LogP contribution >= 0.6 is 11.3 Å². The number of carbonyl (C=O) groups excluding carboxylic acids is 1. The Hall–Kier alpha value is -2.19. The van der Waals surface area contributed by atoms with Crippen molar-refractivity contribution in [3.05, 3.63) is 29.0 Å². The van der Waals surface area contributed by atoms with Crippen molar-refractivity contribution in [1.29, 1.82) is 0 Å². The predicted octanol–water partition coefficient (Wildman–Crippen LogP) is 2.20. The summed E-state index contributed by atoms with van der Waals surface area (Å²) in [7, 11) is 0. The summed E-state index contributed by atoms with van der Waals surface area (Å²) in [5, 5.41) is 12.3. The maximum Gasteiger partial charge on any atom is 0.311 e. The Kier molecular flexibility index (Phi) is 4.32. The first-order chi connectivity index (χ1) is 12.5. The van der Waals surface area contributed by atoms with Gasteiger partial charge in [-0.3, -0.25) is 9.59 Å². The third-order valence-corrected chi connectivity index (χ3v) is 6.23. The quantitative estimate of drug-likeness (QED) is 0.879. The fraction of sp³-hybridized carbons (Fsp3) is 0.500. The molecule has 2 aromatic rings. The van der Waals surface area contributed by atoms with Crippen LogP contribution in [-0.4, -0.2) is 53.2 Å². The van der Waals surface area contributed by atoms with Crippen molar-refractivity contribution >= 4 is 23.2 Å². The van der Waals surface area contributed by atoms with Crippen LogP contribution in [0.1, 0.15) is 17.9 Å². The Morgan fingerprint density at radius 3 is 3.00 bits per heavy atom. The minimum Gasteiger partial charge on any atom is -0.481 e. The number of thiazole rings is 1. The van der Waals surface area contributed by atoms with Gasteiger partial charge in [-0.2, -0.15) is 0 Å². The third kappa shape index (κ3) is 2.93. The first kappa shape index (κ1) is 17.2. The number of fused-ring (bicyclic) bond motifs is 1. The maximum absolute atomic E-state index is 12.7. The predicted molar refractivity (Wildman–Crippen MR) is 93.8 cm³/mol. The summed E-state index contributed by atoms with van der Waals surface area (Å²) in [4.78, 5) is 30.7. The number of carboxylic acid groups (broad SMARTS) is 1. The van der Waals surface area contributed by atoms with Gasteiger partial charge in [-0.1, -0.05) is 0 Å². The number of furan rings is 1. The average Bonchev–Trinajstić information content (AvgIpc) is 3.32. The van der Waals surface area contributed by atoms with Gasteiger partial charge in [0.2, 0.25) is 5.91 Å². The highest BCUT2D eigenvalue weighted by Gasteiger charge is 2.54. The Morgan fingerprint density at radius 2 is 2.31 bits per heavy atom. The highest BCUT2D eigenvalue weighted by Crippen LogP contribution is 2.42. The summed E-state index contributed by atoms with van der Waals surface area (Å²) in [6, 6.07) is 3.74. The summed E-state index contributed by atoms with van der Waals surface area (Å²) in [5.74, 6) is 0.446. The highest BCUT2D eigenvalue weighted by molar-refractivity contribution is 7.13. The van der Waals surface area contributed by atoms with Crippen molar-refractivity contribution in [3.63, 3.8) is 0 Å². The topological polar surface area (TPSA) is 92.9 Å². The standard InChI is InChI=1S/C18H20N2O5S/c1-11-2-3-14(25-11)16-19-13(9-26-16)6-15(21)20-7-12-8-24-5-4-18(12,10-20)17(22)23/h2-3,9,12H,4-8,10H2,1H3,(H,22,23)/t12-,18+/m0/s1. The lowest BCUT2D eigenvalue weighted by atomic mass is 9.74. The second kappa shape index (κ2) is 6.51. The number of carboxylic acids is 1. The Morgan fingerprint density at radius 1 is 1.46 bits per heavy atom. The van der Waals surface area contributed by atoms with E-state index in [2.05, 4.69) is 4.98 Å². The summed E-state index contributed by atoms with van der Waals surface area (Å²) < 4.78 is 11.0. The fourth-order valence-corrected chi connectivity index (χ4v) is 4.59. The molecule has 0 spiro atoms. The van der Waals surface area contributed by atoms with Crippen LogP contribution in [0.4, 0.5) is 0 Å². The molecule has 4 rings (SSSR count). The molecule has 0 aliphatic carbocycles. The number of aliphatic carboxylic acids is 1. The van der Waals surface area contributed by atoms with Crippen LogP contribution in [0.2, 0.25) is 0 Å². The molecule has 26 heavy (non-hydrogen) atoms. The number of rotatable bonds is 4. The molecule has 0 radical (unpaired) electrons. The van der Waals surface area contributed by atoms with E-state index in [1.165, 1.54) is 11.3 Å². The Bertz CT molecular complexity index is 844. The molecule has 7 nitrogen and oxygen atoms in total. The number of aryl methyl sites for hydroxylation is 1. The summed E-state index contributed by atoms with van der Waals surface area (Å²) >= 11 is 1.44. The maximum atomic E-state index is 12.7. The molecule has 2 fully saturated rings. The van der Waals surface area contributed by atoms with Gasteiger partial charge in [0, 0.05) is 31.0 Å². The molecule has 0 saturated carbocycles. The number of carbonyl (C=O) groups is 2. The molecule has 2 aromatic heterocycles. The first-order valence-electron chi connectivity index (χ1n) is 8.58. The molecule has 8 heteroatoms. The zero-order valence-corrected chi connectivity index (χ0v) is 15.3. The summed E-state index contributed by atoms with van der Waals surface area (Å²) in [6.07, 6.45) is 0.620. The molecular weight excluding hydrogens is 356 g/mol. The largest absolute Gasteiger partial charge is 0.481 e. The van der Waals surface area contributed by atoms with Gasteiger partial charge in [0.05, 0.1) is 24.1 Å².